The zero-order chi connectivity index (χ0) is 13.8. The quantitative estimate of drug-likeness (QED) is 0.921. The first-order valence-corrected chi connectivity index (χ1v) is 7.26. The molecule has 1 aromatic carbocycles. The summed E-state index contributed by atoms with van der Waals surface area (Å²) >= 11 is 4.27. The smallest absolute Gasteiger partial charge is 0.269 e. The number of nitrogens with one attached hydrogen (secondary N) is 1. The molecule has 7 heteroatoms. The third-order valence-corrected chi connectivity index (χ3v) is 3.85. The van der Waals surface area contributed by atoms with Gasteiger partial charge in [0, 0.05) is 4.47 Å². The van der Waals surface area contributed by atoms with E-state index in [9.17, 15) is 9.18 Å². The van der Waals surface area contributed by atoms with E-state index in [0.29, 0.717) is 27.2 Å². The average Bonchev–Trinajstić information content (AvgIpc) is 2.81. The van der Waals surface area contributed by atoms with E-state index < -0.39 is 0 Å². The van der Waals surface area contributed by atoms with Crippen LogP contribution in [0.1, 0.15) is 28.7 Å². The number of hydrogen-bond donors (Lipinski definition) is 1. The lowest BCUT2D eigenvalue weighted by molar-refractivity contribution is 0.102. The maximum atomic E-state index is 13.0. The summed E-state index contributed by atoms with van der Waals surface area (Å²) in [4.78, 5) is 12.6. The molecule has 1 amide bonds. The third kappa shape index (κ3) is 3.36. The van der Waals surface area contributed by atoms with Crippen molar-refractivity contribution < 1.29 is 9.18 Å². The summed E-state index contributed by atoms with van der Waals surface area (Å²) in [6.45, 7) is 2.01. The summed E-state index contributed by atoms with van der Waals surface area (Å²) in [7, 11) is 0. The Morgan fingerprint density at radius 2 is 2.32 bits per heavy atom. The van der Waals surface area contributed by atoms with Gasteiger partial charge in [0.05, 0.1) is 11.4 Å². The molecule has 0 aliphatic heterocycles. The van der Waals surface area contributed by atoms with Gasteiger partial charge in [-0.05, 0) is 52.1 Å². The number of amides is 1. The fourth-order valence-electron chi connectivity index (χ4n) is 1.55. The van der Waals surface area contributed by atoms with Gasteiger partial charge in [-0.15, -0.1) is 5.10 Å². The van der Waals surface area contributed by atoms with Crippen molar-refractivity contribution in [1.29, 1.82) is 0 Å². The highest BCUT2D eigenvalue weighted by atomic mass is 79.9. The molecule has 1 heterocycles. The molecule has 0 spiro atoms. The number of hydrogen-bond acceptors (Lipinski definition) is 4. The van der Waals surface area contributed by atoms with Gasteiger partial charge in [0.25, 0.3) is 5.91 Å². The maximum Gasteiger partial charge on any atom is 0.269 e. The molecule has 4 nitrogen and oxygen atoms in total. The number of carbonyl (C=O) groups excluding carboxylic acids is 1. The van der Waals surface area contributed by atoms with Gasteiger partial charge < -0.3 is 5.32 Å². The van der Waals surface area contributed by atoms with Gasteiger partial charge >= 0.3 is 0 Å². The van der Waals surface area contributed by atoms with Crippen LogP contribution in [0.2, 0.25) is 0 Å². The number of aryl methyl sites for hydroxylation is 1. The first kappa shape index (κ1) is 14.1. The number of anilines is 1. The van der Waals surface area contributed by atoms with Gasteiger partial charge in [-0.2, -0.15) is 0 Å². The summed E-state index contributed by atoms with van der Waals surface area (Å²) in [5, 5.41) is 6.66. The minimum absolute atomic E-state index is 0.272. The van der Waals surface area contributed by atoms with Gasteiger partial charge in [-0.25, -0.2) is 4.39 Å². The SMILES string of the molecule is CCCc1nnsc1C(=O)Nc1ccc(F)cc1Br. The van der Waals surface area contributed by atoms with Crippen LogP contribution in [0, 0.1) is 5.82 Å². The van der Waals surface area contributed by atoms with E-state index in [1.54, 1.807) is 0 Å². The lowest BCUT2D eigenvalue weighted by atomic mass is 10.2. The van der Waals surface area contributed by atoms with E-state index >= 15 is 0 Å². The van der Waals surface area contributed by atoms with E-state index in [1.807, 2.05) is 6.92 Å². The summed E-state index contributed by atoms with van der Waals surface area (Å²) in [5.41, 5.74) is 1.21. The number of rotatable bonds is 4. The summed E-state index contributed by atoms with van der Waals surface area (Å²) in [5.74, 6) is -0.637. The predicted molar refractivity (Wildman–Crippen MR) is 76.0 cm³/mol. The molecule has 1 N–H and O–H groups in total. The number of benzene rings is 1. The fraction of sp³-hybridized carbons (Fsp3) is 0.250. The molecule has 0 atom stereocenters. The molecule has 1 aromatic heterocycles. The van der Waals surface area contributed by atoms with Crippen LogP contribution in [-0.4, -0.2) is 15.5 Å². The molecule has 2 aromatic rings. The monoisotopic (exact) mass is 343 g/mol. The van der Waals surface area contributed by atoms with Crippen molar-refractivity contribution >= 4 is 39.1 Å². The van der Waals surface area contributed by atoms with Crippen molar-refractivity contribution in [3.63, 3.8) is 0 Å². The molecule has 0 aliphatic rings. The molecule has 0 radical (unpaired) electrons. The summed E-state index contributed by atoms with van der Waals surface area (Å²) in [6.07, 6.45) is 1.61. The van der Waals surface area contributed by atoms with Crippen LogP contribution < -0.4 is 5.32 Å². The summed E-state index contributed by atoms with van der Waals surface area (Å²) < 4.78 is 17.3. The highest BCUT2D eigenvalue weighted by Crippen LogP contribution is 2.24. The van der Waals surface area contributed by atoms with Crippen LogP contribution >= 0.6 is 27.5 Å². The predicted octanol–water partition coefficient (Wildman–Crippen LogP) is 3.64. The van der Waals surface area contributed by atoms with Crippen molar-refractivity contribution in [2.75, 3.05) is 5.32 Å². The van der Waals surface area contributed by atoms with E-state index in [1.165, 1.54) is 18.2 Å². The molecule has 0 unspecified atom stereocenters. The molecule has 2 rings (SSSR count). The Morgan fingerprint density at radius 1 is 1.53 bits per heavy atom. The van der Waals surface area contributed by atoms with Crippen molar-refractivity contribution in [1.82, 2.24) is 9.59 Å². The molecule has 100 valence electrons. The highest BCUT2D eigenvalue weighted by Gasteiger charge is 2.16. The van der Waals surface area contributed by atoms with E-state index in [2.05, 4.69) is 30.8 Å². The molecule has 0 saturated carbocycles. The standard InChI is InChI=1S/C12H11BrFN3OS/c1-2-3-10-11(19-17-16-10)12(18)15-9-5-4-7(14)6-8(9)13/h4-6H,2-3H2,1H3,(H,15,18). The van der Waals surface area contributed by atoms with Gasteiger partial charge in [-0.3, -0.25) is 4.79 Å². The summed E-state index contributed by atoms with van der Waals surface area (Å²) in [6, 6.07) is 4.09. The Labute approximate surface area is 122 Å². The number of aromatic nitrogens is 2. The maximum absolute atomic E-state index is 13.0. The first-order chi connectivity index (χ1) is 9.11. The van der Waals surface area contributed by atoms with Gasteiger partial charge in [0.2, 0.25) is 0 Å². The molecule has 0 saturated heterocycles. The third-order valence-electron chi connectivity index (χ3n) is 2.43. The second kappa shape index (κ2) is 6.21. The van der Waals surface area contributed by atoms with Gasteiger partial charge in [-0.1, -0.05) is 17.8 Å². The minimum Gasteiger partial charge on any atom is -0.320 e. The number of nitrogens with zero attached hydrogens (tertiary/aromatic N) is 2. The zero-order valence-electron chi connectivity index (χ0n) is 10.1. The van der Waals surface area contributed by atoms with Crippen molar-refractivity contribution in [3.8, 4) is 0 Å². The van der Waals surface area contributed by atoms with Crippen LogP contribution in [0.25, 0.3) is 0 Å². The van der Waals surface area contributed by atoms with Crippen LogP contribution in [0.4, 0.5) is 10.1 Å². The number of carbonyl (C=O) groups is 1. The Kier molecular flexibility index (Phi) is 4.60. The minimum atomic E-state index is -0.365. The van der Waals surface area contributed by atoms with Gasteiger partial charge in [0.1, 0.15) is 10.7 Å². The van der Waals surface area contributed by atoms with E-state index in [-0.39, 0.29) is 11.7 Å². The molecular weight excluding hydrogens is 333 g/mol. The average molecular weight is 344 g/mol. The van der Waals surface area contributed by atoms with Crippen molar-refractivity contribution in [2.45, 2.75) is 19.8 Å². The fourth-order valence-corrected chi connectivity index (χ4v) is 2.60. The first-order valence-electron chi connectivity index (χ1n) is 5.69. The molecule has 0 fully saturated rings. The Balaban J connectivity index is 2.18. The second-order valence-electron chi connectivity index (χ2n) is 3.88. The number of halogens is 2. The Hall–Kier alpha value is -1.34. The Bertz CT molecular complexity index is 602. The van der Waals surface area contributed by atoms with Crippen LogP contribution in [0.5, 0.6) is 0 Å². The van der Waals surface area contributed by atoms with E-state index in [0.717, 1.165) is 18.0 Å². The highest BCUT2D eigenvalue weighted by molar-refractivity contribution is 9.10. The molecule has 0 bridgehead atoms. The zero-order valence-corrected chi connectivity index (χ0v) is 12.5. The molecular formula is C12H11BrFN3OS. The molecule has 0 aliphatic carbocycles. The lowest BCUT2D eigenvalue weighted by Gasteiger charge is -2.06. The van der Waals surface area contributed by atoms with Gasteiger partial charge in [0.15, 0.2) is 0 Å². The van der Waals surface area contributed by atoms with E-state index in [4.69, 9.17) is 0 Å². The normalized spacial score (nSPS) is 10.5. The van der Waals surface area contributed by atoms with Crippen LogP contribution in [0.15, 0.2) is 22.7 Å². The second-order valence-corrected chi connectivity index (χ2v) is 5.49. The Morgan fingerprint density at radius 3 is 3.00 bits per heavy atom. The largest absolute Gasteiger partial charge is 0.320 e. The topological polar surface area (TPSA) is 54.9 Å². The van der Waals surface area contributed by atoms with Crippen LogP contribution in [-0.2, 0) is 6.42 Å². The lowest BCUT2D eigenvalue weighted by Crippen LogP contribution is -2.13. The molecule has 19 heavy (non-hydrogen) atoms. The van der Waals surface area contributed by atoms with Crippen molar-refractivity contribution in [2.24, 2.45) is 0 Å². The van der Waals surface area contributed by atoms with Crippen molar-refractivity contribution in [3.05, 3.63) is 39.1 Å². The van der Waals surface area contributed by atoms with Crippen LogP contribution in [0.3, 0.4) is 0 Å².